The van der Waals surface area contributed by atoms with Crippen molar-refractivity contribution in [2.75, 3.05) is 0 Å². The molecule has 5 heteroatoms. The van der Waals surface area contributed by atoms with Crippen LogP contribution < -0.4 is 5.73 Å². The number of hydrogen-bond acceptors (Lipinski definition) is 3. The Balaban J connectivity index is 1.87. The van der Waals surface area contributed by atoms with E-state index in [0.29, 0.717) is 6.54 Å². The van der Waals surface area contributed by atoms with Crippen molar-refractivity contribution in [3.8, 4) is 11.5 Å². The topological polar surface area (TPSA) is 56.5 Å². The molecule has 0 aliphatic heterocycles. The third kappa shape index (κ3) is 2.14. The summed E-state index contributed by atoms with van der Waals surface area (Å²) in [6.45, 7) is 0.511. The SMILES string of the molecule is NCc1ccn2cc(-c3cc4cc(Br)ccc4o3)nc2c1. The number of imidazole rings is 1. The van der Waals surface area contributed by atoms with Crippen LogP contribution in [-0.4, -0.2) is 9.38 Å². The lowest BCUT2D eigenvalue weighted by atomic mass is 10.2. The third-order valence-corrected chi connectivity index (χ3v) is 3.98. The van der Waals surface area contributed by atoms with Gasteiger partial charge in [0.2, 0.25) is 0 Å². The number of rotatable bonds is 2. The van der Waals surface area contributed by atoms with Crippen LogP contribution in [0.25, 0.3) is 28.1 Å². The van der Waals surface area contributed by atoms with Crippen molar-refractivity contribution in [3.05, 3.63) is 58.8 Å². The van der Waals surface area contributed by atoms with Gasteiger partial charge in [0.05, 0.1) is 0 Å². The summed E-state index contributed by atoms with van der Waals surface area (Å²) < 4.78 is 8.88. The quantitative estimate of drug-likeness (QED) is 0.600. The van der Waals surface area contributed by atoms with Crippen molar-refractivity contribution < 1.29 is 4.42 Å². The van der Waals surface area contributed by atoms with Gasteiger partial charge in [-0.1, -0.05) is 15.9 Å². The molecule has 21 heavy (non-hydrogen) atoms. The van der Waals surface area contributed by atoms with Crippen LogP contribution in [0.2, 0.25) is 0 Å². The molecule has 3 aromatic heterocycles. The monoisotopic (exact) mass is 341 g/mol. The van der Waals surface area contributed by atoms with Crippen molar-refractivity contribution in [2.45, 2.75) is 6.54 Å². The molecule has 0 radical (unpaired) electrons. The molecule has 0 aliphatic rings. The van der Waals surface area contributed by atoms with E-state index < -0.39 is 0 Å². The Morgan fingerprint density at radius 3 is 2.95 bits per heavy atom. The van der Waals surface area contributed by atoms with Gasteiger partial charge in [-0.3, -0.25) is 0 Å². The van der Waals surface area contributed by atoms with Crippen LogP contribution in [0.15, 0.2) is 57.7 Å². The fourth-order valence-corrected chi connectivity index (χ4v) is 2.79. The predicted octanol–water partition coefficient (Wildman–Crippen LogP) is 3.97. The number of nitrogens with two attached hydrogens (primary N) is 1. The number of aromatic nitrogens is 2. The summed E-state index contributed by atoms with van der Waals surface area (Å²) in [5.74, 6) is 0.765. The van der Waals surface area contributed by atoms with E-state index in [1.807, 2.05) is 53.2 Å². The lowest BCUT2D eigenvalue weighted by Crippen LogP contribution is -1.96. The number of furan rings is 1. The van der Waals surface area contributed by atoms with E-state index in [9.17, 15) is 0 Å². The molecule has 0 fully saturated rings. The van der Waals surface area contributed by atoms with Crippen LogP contribution in [0.5, 0.6) is 0 Å². The van der Waals surface area contributed by atoms with Crippen molar-refractivity contribution in [1.29, 1.82) is 0 Å². The second kappa shape index (κ2) is 4.72. The van der Waals surface area contributed by atoms with Crippen LogP contribution in [-0.2, 0) is 6.54 Å². The van der Waals surface area contributed by atoms with E-state index in [2.05, 4.69) is 20.9 Å². The average Bonchev–Trinajstić information content (AvgIpc) is 3.08. The van der Waals surface area contributed by atoms with Gasteiger partial charge in [-0.05, 0) is 42.0 Å². The minimum atomic E-state index is 0.511. The maximum atomic E-state index is 5.87. The zero-order valence-corrected chi connectivity index (χ0v) is 12.7. The Morgan fingerprint density at radius 2 is 2.10 bits per heavy atom. The minimum Gasteiger partial charge on any atom is -0.454 e. The maximum Gasteiger partial charge on any atom is 0.155 e. The Hall–Kier alpha value is -2.11. The van der Waals surface area contributed by atoms with Gasteiger partial charge < -0.3 is 14.6 Å². The van der Waals surface area contributed by atoms with Gasteiger partial charge in [0.15, 0.2) is 5.76 Å². The molecule has 0 saturated heterocycles. The molecule has 1 aromatic carbocycles. The molecule has 4 rings (SSSR count). The normalized spacial score (nSPS) is 11.5. The molecule has 0 unspecified atom stereocenters. The first-order valence-corrected chi connectivity index (χ1v) is 7.39. The van der Waals surface area contributed by atoms with Gasteiger partial charge >= 0.3 is 0 Å². The average molecular weight is 342 g/mol. The van der Waals surface area contributed by atoms with Crippen molar-refractivity contribution in [2.24, 2.45) is 5.73 Å². The Kier molecular flexibility index (Phi) is 2.83. The highest BCUT2D eigenvalue weighted by Crippen LogP contribution is 2.29. The summed E-state index contributed by atoms with van der Waals surface area (Å²) in [6, 6.07) is 11.9. The zero-order valence-electron chi connectivity index (χ0n) is 11.1. The highest BCUT2D eigenvalue weighted by atomic mass is 79.9. The molecule has 0 spiro atoms. The Bertz CT molecular complexity index is 955. The van der Waals surface area contributed by atoms with Crippen molar-refractivity contribution >= 4 is 32.5 Å². The molecular formula is C16H12BrN3O. The molecule has 0 aliphatic carbocycles. The third-order valence-electron chi connectivity index (χ3n) is 3.49. The van der Waals surface area contributed by atoms with E-state index in [1.165, 1.54) is 0 Å². The Labute approximate surface area is 129 Å². The molecule has 0 bridgehead atoms. The van der Waals surface area contributed by atoms with E-state index in [0.717, 1.165) is 38.1 Å². The summed E-state index contributed by atoms with van der Waals surface area (Å²) in [7, 11) is 0. The summed E-state index contributed by atoms with van der Waals surface area (Å²) >= 11 is 3.47. The van der Waals surface area contributed by atoms with Gasteiger partial charge in [-0.25, -0.2) is 4.98 Å². The van der Waals surface area contributed by atoms with E-state index in [1.54, 1.807) is 0 Å². The van der Waals surface area contributed by atoms with Gasteiger partial charge in [-0.15, -0.1) is 0 Å². The Morgan fingerprint density at radius 1 is 1.19 bits per heavy atom. The van der Waals surface area contributed by atoms with Gasteiger partial charge in [0.25, 0.3) is 0 Å². The number of pyridine rings is 1. The summed E-state index contributed by atoms with van der Waals surface area (Å²) in [4.78, 5) is 4.61. The molecule has 4 aromatic rings. The van der Waals surface area contributed by atoms with Gasteiger partial charge in [-0.2, -0.15) is 0 Å². The first-order valence-electron chi connectivity index (χ1n) is 6.60. The number of hydrogen-bond donors (Lipinski definition) is 1. The van der Waals surface area contributed by atoms with E-state index in [-0.39, 0.29) is 0 Å². The molecule has 0 atom stereocenters. The number of benzene rings is 1. The number of halogens is 1. The fourth-order valence-electron chi connectivity index (χ4n) is 2.41. The van der Waals surface area contributed by atoms with E-state index in [4.69, 9.17) is 10.2 Å². The van der Waals surface area contributed by atoms with Gasteiger partial charge in [0, 0.05) is 28.8 Å². The molecule has 3 heterocycles. The molecule has 104 valence electrons. The van der Waals surface area contributed by atoms with E-state index >= 15 is 0 Å². The number of fused-ring (bicyclic) bond motifs is 2. The zero-order chi connectivity index (χ0) is 14.4. The maximum absolute atomic E-state index is 5.87. The molecular weight excluding hydrogens is 330 g/mol. The summed E-state index contributed by atoms with van der Waals surface area (Å²) in [5.41, 5.74) is 9.27. The van der Waals surface area contributed by atoms with Crippen LogP contribution >= 0.6 is 15.9 Å². The van der Waals surface area contributed by atoms with Crippen LogP contribution in [0.1, 0.15) is 5.56 Å². The molecule has 2 N–H and O–H groups in total. The van der Waals surface area contributed by atoms with Crippen LogP contribution in [0, 0.1) is 0 Å². The van der Waals surface area contributed by atoms with Crippen molar-refractivity contribution in [3.63, 3.8) is 0 Å². The highest BCUT2D eigenvalue weighted by molar-refractivity contribution is 9.10. The molecule has 4 nitrogen and oxygen atoms in total. The second-order valence-electron chi connectivity index (χ2n) is 4.92. The predicted molar refractivity (Wildman–Crippen MR) is 86.0 cm³/mol. The smallest absolute Gasteiger partial charge is 0.155 e. The lowest BCUT2D eigenvalue weighted by molar-refractivity contribution is 0.629. The van der Waals surface area contributed by atoms with Crippen LogP contribution in [0.3, 0.4) is 0 Å². The molecule has 0 saturated carbocycles. The minimum absolute atomic E-state index is 0.511. The largest absolute Gasteiger partial charge is 0.454 e. The standard InChI is InChI=1S/C16H12BrN3O/c17-12-1-2-14-11(6-12)7-15(21-14)13-9-20-4-3-10(8-18)5-16(20)19-13/h1-7,9H,8,18H2. The number of nitrogens with zero attached hydrogens (tertiary/aromatic N) is 2. The highest BCUT2D eigenvalue weighted by Gasteiger charge is 2.10. The second-order valence-corrected chi connectivity index (χ2v) is 5.84. The first-order chi connectivity index (χ1) is 10.2. The van der Waals surface area contributed by atoms with Gasteiger partial charge in [0.1, 0.15) is 16.9 Å². The first kappa shape index (κ1) is 12.6. The summed E-state index contributed by atoms with van der Waals surface area (Å²) in [6.07, 6.45) is 3.93. The lowest BCUT2D eigenvalue weighted by Gasteiger charge is -1.96. The van der Waals surface area contributed by atoms with Crippen molar-refractivity contribution in [1.82, 2.24) is 9.38 Å². The fraction of sp³-hybridized carbons (Fsp3) is 0.0625. The summed E-state index contributed by atoms with van der Waals surface area (Å²) in [5, 5.41) is 1.05. The molecule has 0 amide bonds. The van der Waals surface area contributed by atoms with Crippen LogP contribution in [0.4, 0.5) is 0 Å².